The Labute approximate surface area is 126 Å². The monoisotopic (exact) mass is 328 g/mol. The summed E-state index contributed by atoms with van der Waals surface area (Å²) < 4.78 is 1.21. The summed E-state index contributed by atoms with van der Waals surface area (Å²) in [6.07, 6.45) is -0.470. The Morgan fingerprint density at radius 1 is 1.61 bits per heavy atom. The number of nitrogens with zero attached hydrogens (tertiary/aromatic N) is 2. The summed E-state index contributed by atoms with van der Waals surface area (Å²) in [7, 11) is 1.66. The highest BCUT2D eigenvalue weighted by Gasteiger charge is 2.24. The van der Waals surface area contributed by atoms with Gasteiger partial charge in [0, 0.05) is 34.9 Å². The SMILES string of the molecule is CN(SC(C)(C)CCl)C(=O)ON=C1CSCCS1. The molecule has 0 bridgehead atoms. The number of carbonyl (C=O) groups is 1. The lowest BCUT2D eigenvalue weighted by Gasteiger charge is -2.25. The van der Waals surface area contributed by atoms with Crippen LogP contribution in [0.15, 0.2) is 5.16 Å². The average Bonchev–Trinajstić information content (AvgIpc) is 2.36. The number of oxime groups is 1. The highest BCUT2D eigenvalue weighted by Crippen LogP contribution is 2.28. The van der Waals surface area contributed by atoms with Crippen LogP contribution >= 0.6 is 47.1 Å². The van der Waals surface area contributed by atoms with Crippen LogP contribution in [-0.2, 0) is 4.84 Å². The Hall–Kier alpha value is 0.280. The van der Waals surface area contributed by atoms with Crippen LogP contribution in [0.1, 0.15) is 13.8 Å². The van der Waals surface area contributed by atoms with Crippen LogP contribution in [0.3, 0.4) is 0 Å². The standard InChI is InChI=1S/C10H17ClN2O2S3/c1-10(2,7-11)18-13(3)9(14)15-12-8-6-16-4-5-17-8/h4-7H2,1-3H3. The van der Waals surface area contributed by atoms with Gasteiger partial charge in [0.25, 0.3) is 0 Å². The first-order valence-electron chi connectivity index (χ1n) is 5.42. The maximum absolute atomic E-state index is 11.7. The van der Waals surface area contributed by atoms with E-state index < -0.39 is 6.09 Å². The molecule has 0 aromatic rings. The van der Waals surface area contributed by atoms with Gasteiger partial charge in [-0.1, -0.05) is 5.16 Å². The summed E-state index contributed by atoms with van der Waals surface area (Å²) in [5.74, 6) is 3.42. The van der Waals surface area contributed by atoms with E-state index in [2.05, 4.69) is 5.16 Å². The third-order valence-electron chi connectivity index (χ3n) is 1.91. The molecule has 1 aliphatic rings. The van der Waals surface area contributed by atoms with E-state index in [1.807, 2.05) is 13.8 Å². The van der Waals surface area contributed by atoms with Gasteiger partial charge in [0.1, 0.15) is 5.04 Å². The zero-order valence-corrected chi connectivity index (χ0v) is 13.8. The van der Waals surface area contributed by atoms with Gasteiger partial charge in [-0.2, -0.15) is 11.8 Å². The number of thioether (sulfide) groups is 2. The van der Waals surface area contributed by atoms with Gasteiger partial charge in [-0.05, 0) is 25.8 Å². The van der Waals surface area contributed by atoms with Gasteiger partial charge in [0.15, 0.2) is 0 Å². The van der Waals surface area contributed by atoms with Gasteiger partial charge in [-0.15, -0.1) is 23.4 Å². The largest absolute Gasteiger partial charge is 0.445 e. The second-order valence-corrected chi connectivity index (χ2v) is 8.60. The molecule has 1 aliphatic heterocycles. The van der Waals surface area contributed by atoms with Crippen molar-refractivity contribution < 1.29 is 9.63 Å². The van der Waals surface area contributed by atoms with E-state index in [0.717, 1.165) is 22.3 Å². The molecular weight excluding hydrogens is 312 g/mol. The third-order valence-corrected chi connectivity index (χ3v) is 6.17. The van der Waals surface area contributed by atoms with Gasteiger partial charge in [0.2, 0.25) is 0 Å². The third kappa shape index (κ3) is 5.95. The second-order valence-electron chi connectivity index (χ2n) is 4.23. The van der Waals surface area contributed by atoms with Crippen LogP contribution in [0, 0.1) is 0 Å². The Bertz CT molecular complexity index is 318. The first-order valence-corrected chi connectivity index (χ1v) is 8.86. The van der Waals surface area contributed by atoms with Crippen LogP contribution in [0.5, 0.6) is 0 Å². The van der Waals surface area contributed by atoms with Crippen molar-refractivity contribution >= 4 is 58.2 Å². The van der Waals surface area contributed by atoms with Crippen molar-refractivity contribution in [1.29, 1.82) is 0 Å². The molecule has 104 valence electrons. The smallest absolute Gasteiger partial charge is 0.296 e. The lowest BCUT2D eigenvalue weighted by molar-refractivity contribution is 0.137. The number of hydrogen-bond donors (Lipinski definition) is 0. The van der Waals surface area contributed by atoms with Crippen LogP contribution in [0.2, 0.25) is 0 Å². The first kappa shape index (κ1) is 16.3. The fourth-order valence-electron chi connectivity index (χ4n) is 1.05. The van der Waals surface area contributed by atoms with Gasteiger partial charge in [0.05, 0.1) is 0 Å². The number of rotatable bonds is 4. The van der Waals surface area contributed by atoms with Crippen molar-refractivity contribution in [2.45, 2.75) is 18.6 Å². The number of alkyl halides is 1. The quantitative estimate of drug-likeness (QED) is 0.342. The van der Waals surface area contributed by atoms with Crippen LogP contribution in [0.4, 0.5) is 4.79 Å². The molecule has 0 atom stereocenters. The first-order chi connectivity index (χ1) is 8.44. The van der Waals surface area contributed by atoms with E-state index in [0.29, 0.717) is 5.88 Å². The molecule has 1 fully saturated rings. The molecule has 1 heterocycles. The molecule has 0 spiro atoms. The topological polar surface area (TPSA) is 41.9 Å². The molecule has 0 aromatic heterocycles. The van der Waals surface area contributed by atoms with E-state index in [-0.39, 0.29) is 4.75 Å². The fourth-order valence-corrected chi connectivity index (χ4v) is 4.18. The molecule has 1 amide bonds. The molecule has 8 heteroatoms. The normalized spacial score (nSPS) is 18.8. The molecule has 0 aliphatic carbocycles. The minimum absolute atomic E-state index is 0.210. The molecule has 4 nitrogen and oxygen atoms in total. The van der Waals surface area contributed by atoms with Crippen LogP contribution in [-0.4, -0.2) is 50.4 Å². The van der Waals surface area contributed by atoms with Crippen molar-refractivity contribution in [3.05, 3.63) is 0 Å². The molecule has 0 N–H and O–H groups in total. The minimum Gasteiger partial charge on any atom is -0.296 e. The molecule has 0 unspecified atom stereocenters. The van der Waals surface area contributed by atoms with Crippen molar-refractivity contribution in [2.75, 3.05) is 30.2 Å². The molecule has 1 rings (SSSR count). The van der Waals surface area contributed by atoms with Crippen molar-refractivity contribution in [3.63, 3.8) is 0 Å². The van der Waals surface area contributed by atoms with E-state index >= 15 is 0 Å². The minimum atomic E-state index is -0.470. The average molecular weight is 329 g/mol. The number of amides is 1. The Morgan fingerprint density at radius 2 is 2.33 bits per heavy atom. The molecule has 1 saturated heterocycles. The van der Waals surface area contributed by atoms with E-state index in [4.69, 9.17) is 16.4 Å². The summed E-state index contributed by atoms with van der Waals surface area (Å²) in [5.41, 5.74) is 0. The summed E-state index contributed by atoms with van der Waals surface area (Å²) >= 11 is 10.6. The summed E-state index contributed by atoms with van der Waals surface area (Å²) in [6, 6.07) is 0. The number of halogens is 1. The van der Waals surface area contributed by atoms with Crippen molar-refractivity contribution in [2.24, 2.45) is 5.16 Å². The van der Waals surface area contributed by atoms with Crippen LogP contribution in [0.25, 0.3) is 0 Å². The molecule has 0 saturated carbocycles. The molecule has 0 aromatic carbocycles. The fraction of sp³-hybridized carbons (Fsp3) is 0.800. The molecule has 0 radical (unpaired) electrons. The maximum atomic E-state index is 11.7. The Kier molecular flexibility index (Phi) is 7.05. The highest BCUT2D eigenvalue weighted by molar-refractivity contribution is 8.18. The van der Waals surface area contributed by atoms with Gasteiger partial charge in [-0.3, -0.25) is 9.14 Å². The summed E-state index contributed by atoms with van der Waals surface area (Å²) in [5, 5.41) is 4.75. The summed E-state index contributed by atoms with van der Waals surface area (Å²) in [4.78, 5) is 16.6. The predicted molar refractivity (Wildman–Crippen MR) is 83.9 cm³/mol. The van der Waals surface area contributed by atoms with Gasteiger partial charge >= 0.3 is 6.09 Å². The number of hydrogen-bond acceptors (Lipinski definition) is 6. The van der Waals surface area contributed by atoms with Gasteiger partial charge < -0.3 is 0 Å². The van der Waals surface area contributed by atoms with Crippen LogP contribution < -0.4 is 0 Å². The zero-order chi connectivity index (χ0) is 13.6. The summed E-state index contributed by atoms with van der Waals surface area (Å²) in [6.45, 7) is 3.93. The second kappa shape index (κ2) is 7.77. The molecular formula is C10H17ClN2O2S3. The predicted octanol–water partition coefficient (Wildman–Crippen LogP) is 3.51. The maximum Gasteiger partial charge on any atom is 0.445 e. The lowest BCUT2D eigenvalue weighted by atomic mass is 10.2. The van der Waals surface area contributed by atoms with E-state index in [9.17, 15) is 4.79 Å². The lowest BCUT2D eigenvalue weighted by Crippen LogP contribution is -2.28. The Balaban J connectivity index is 2.40. The van der Waals surface area contributed by atoms with Gasteiger partial charge in [-0.25, -0.2) is 4.79 Å². The number of carbonyl (C=O) groups excluding carboxylic acids is 1. The van der Waals surface area contributed by atoms with Crippen molar-refractivity contribution in [1.82, 2.24) is 4.31 Å². The Morgan fingerprint density at radius 3 is 2.89 bits per heavy atom. The van der Waals surface area contributed by atoms with E-state index in [1.165, 1.54) is 16.3 Å². The molecule has 18 heavy (non-hydrogen) atoms. The van der Waals surface area contributed by atoms with Crippen molar-refractivity contribution in [3.8, 4) is 0 Å². The van der Waals surface area contributed by atoms with E-state index in [1.54, 1.807) is 30.6 Å². The highest BCUT2D eigenvalue weighted by atomic mass is 35.5. The zero-order valence-electron chi connectivity index (χ0n) is 10.6.